The summed E-state index contributed by atoms with van der Waals surface area (Å²) >= 11 is 3.21. The van der Waals surface area contributed by atoms with Crippen LogP contribution in [-0.4, -0.2) is 29.1 Å². The Hall–Kier alpha value is -3.75. The van der Waals surface area contributed by atoms with Crippen LogP contribution < -0.4 is 10.1 Å². The van der Waals surface area contributed by atoms with E-state index in [1.807, 2.05) is 65.4 Å². The molecule has 2 aromatic heterocycles. The van der Waals surface area contributed by atoms with E-state index in [4.69, 9.17) is 4.74 Å². The van der Waals surface area contributed by atoms with Crippen LogP contribution in [0.25, 0.3) is 0 Å². The summed E-state index contributed by atoms with van der Waals surface area (Å²) in [6, 6.07) is 23.9. The first-order valence-electron chi connectivity index (χ1n) is 10.7. The van der Waals surface area contributed by atoms with E-state index in [1.165, 1.54) is 5.01 Å². The Morgan fingerprint density at radius 2 is 1.71 bits per heavy atom. The number of benzene rings is 2. The highest BCUT2D eigenvalue weighted by Gasteiger charge is 2.34. The zero-order valence-electron chi connectivity index (χ0n) is 18.1. The number of hydrogen-bond acceptors (Lipinski definition) is 6. The maximum absolute atomic E-state index is 13.2. The Balaban J connectivity index is 1.32. The van der Waals surface area contributed by atoms with Gasteiger partial charge in [0.05, 0.1) is 22.2 Å². The molecule has 1 N–H and O–H groups in total. The minimum Gasteiger partial charge on any atom is -0.483 e. The number of amides is 2. The van der Waals surface area contributed by atoms with E-state index < -0.39 is 0 Å². The van der Waals surface area contributed by atoms with Gasteiger partial charge in [0.2, 0.25) is 0 Å². The normalized spacial score (nSPS) is 15.1. The Bertz CT molecular complexity index is 1300. The van der Waals surface area contributed by atoms with Crippen LogP contribution in [-0.2, 0) is 4.79 Å². The summed E-state index contributed by atoms with van der Waals surface area (Å²) in [5, 5.41) is 13.0. The van der Waals surface area contributed by atoms with Gasteiger partial charge in [-0.05, 0) is 47.2 Å². The van der Waals surface area contributed by atoms with Gasteiger partial charge in [0.1, 0.15) is 5.75 Å². The first-order chi connectivity index (χ1) is 16.7. The third-order valence-corrected chi connectivity index (χ3v) is 7.25. The van der Waals surface area contributed by atoms with Crippen LogP contribution in [0.5, 0.6) is 5.75 Å². The van der Waals surface area contributed by atoms with Crippen molar-refractivity contribution >= 4 is 45.9 Å². The molecule has 1 atom stereocenters. The molecule has 0 spiro atoms. The molecule has 0 fully saturated rings. The molecule has 0 saturated heterocycles. The molecule has 0 saturated carbocycles. The average molecular weight is 488 g/mol. The number of hydrogen-bond donors (Lipinski definition) is 1. The molecule has 170 valence electrons. The van der Waals surface area contributed by atoms with Gasteiger partial charge in [-0.3, -0.25) is 9.59 Å². The zero-order chi connectivity index (χ0) is 23.3. The molecular formula is C26H21N3O3S2. The van der Waals surface area contributed by atoms with Gasteiger partial charge in [-0.15, -0.1) is 22.7 Å². The number of nitrogens with one attached hydrogen (secondary N) is 1. The number of carbonyl (C=O) groups excluding carboxylic acids is 2. The van der Waals surface area contributed by atoms with Crippen molar-refractivity contribution < 1.29 is 14.3 Å². The SMILES string of the molecule is O=C(Nc1ccccc1)c1ccccc1OCC(=O)N1N=C(c2cccs2)C[C@H]1c1cccs1. The molecular weight excluding hydrogens is 466 g/mol. The van der Waals surface area contributed by atoms with Crippen molar-refractivity contribution in [3.8, 4) is 5.75 Å². The predicted molar refractivity (Wildman–Crippen MR) is 136 cm³/mol. The van der Waals surface area contributed by atoms with E-state index in [1.54, 1.807) is 46.9 Å². The highest BCUT2D eigenvalue weighted by molar-refractivity contribution is 7.12. The number of para-hydroxylation sites is 2. The van der Waals surface area contributed by atoms with Crippen LogP contribution in [0.4, 0.5) is 5.69 Å². The van der Waals surface area contributed by atoms with Crippen molar-refractivity contribution in [2.75, 3.05) is 11.9 Å². The van der Waals surface area contributed by atoms with E-state index in [0.717, 1.165) is 15.5 Å². The number of ether oxygens (including phenoxy) is 1. The third kappa shape index (κ3) is 4.78. The molecule has 2 aromatic carbocycles. The van der Waals surface area contributed by atoms with Crippen LogP contribution >= 0.6 is 22.7 Å². The van der Waals surface area contributed by atoms with E-state index in [-0.39, 0.29) is 24.5 Å². The average Bonchev–Trinajstić information content (AvgIpc) is 3.64. The van der Waals surface area contributed by atoms with E-state index in [9.17, 15) is 9.59 Å². The maximum atomic E-state index is 13.2. The van der Waals surface area contributed by atoms with E-state index in [0.29, 0.717) is 23.4 Å². The Kier molecular flexibility index (Phi) is 6.51. The molecule has 0 bridgehead atoms. The van der Waals surface area contributed by atoms with Gasteiger partial charge in [-0.1, -0.05) is 42.5 Å². The number of nitrogens with zero attached hydrogens (tertiary/aromatic N) is 2. The molecule has 0 unspecified atom stereocenters. The van der Waals surface area contributed by atoms with Crippen LogP contribution in [0.2, 0.25) is 0 Å². The summed E-state index contributed by atoms with van der Waals surface area (Å²) in [7, 11) is 0. The highest BCUT2D eigenvalue weighted by Crippen LogP contribution is 2.36. The Labute approximate surface area is 205 Å². The zero-order valence-corrected chi connectivity index (χ0v) is 19.7. The molecule has 3 heterocycles. The molecule has 5 rings (SSSR count). The van der Waals surface area contributed by atoms with Gasteiger partial charge < -0.3 is 10.1 Å². The molecule has 34 heavy (non-hydrogen) atoms. The molecule has 2 amide bonds. The van der Waals surface area contributed by atoms with Gasteiger partial charge in [-0.2, -0.15) is 5.10 Å². The monoisotopic (exact) mass is 487 g/mol. The van der Waals surface area contributed by atoms with E-state index in [2.05, 4.69) is 10.4 Å². The summed E-state index contributed by atoms with van der Waals surface area (Å²) in [5.74, 6) is -0.216. The Morgan fingerprint density at radius 3 is 2.47 bits per heavy atom. The first kappa shape index (κ1) is 22.1. The van der Waals surface area contributed by atoms with Gasteiger partial charge in [0, 0.05) is 17.0 Å². The fourth-order valence-corrected chi connectivity index (χ4v) is 5.27. The Morgan fingerprint density at radius 1 is 0.941 bits per heavy atom. The summed E-state index contributed by atoms with van der Waals surface area (Å²) in [4.78, 5) is 28.2. The fraction of sp³-hybridized carbons (Fsp3) is 0.115. The molecule has 0 aliphatic carbocycles. The lowest BCUT2D eigenvalue weighted by Crippen LogP contribution is -2.31. The van der Waals surface area contributed by atoms with Crippen molar-refractivity contribution in [2.24, 2.45) is 5.10 Å². The summed E-state index contributed by atoms with van der Waals surface area (Å²) < 4.78 is 5.85. The van der Waals surface area contributed by atoms with Crippen molar-refractivity contribution in [3.05, 3.63) is 105 Å². The summed E-state index contributed by atoms with van der Waals surface area (Å²) in [6.07, 6.45) is 0.656. The largest absolute Gasteiger partial charge is 0.483 e. The lowest BCUT2D eigenvalue weighted by Gasteiger charge is -2.21. The second-order valence-electron chi connectivity index (χ2n) is 7.60. The fourth-order valence-electron chi connectivity index (χ4n) is 3.74. The van der Waals surface area contributed by atoms with Crippen molar-refractivity contribution in [3.63, 3.8) is 0 Å². The third-order valence-electron chi connectivity index (χ3n) is 5.36. The van der Waals surface area contributed by atoms with Crippen molar-refractivity contribution in [1.82, 2.24) is 5.01 Å². The van der Waals surface area contributed by atoms with Crippen molar-refractivity contribution in [1.29, 1.82) is 0 Å². The molecule has 6 nitrogen and oxygen atoms in total. The molecule has 1 aliphatic rings. The van der Waals surface area contributed by atoms with Crippen LogP contribution in [0.3, 0.4) is 0 Å². The predicted octanol–water partition coefficient (Wildman–Crippen LogP) is 5.82. The highest BCUT2D eigenvalue weighted by atomic mass is 32.1. The summed E-state index contributed by atoms with van der Waals surface area (Å²) in [5.41, 5.74) is 1.94. The van der Waals surface area contributed by atoms with Gasteiger partial charge >= 0.3 is 0 Å². The maximum Gasteiger partial charge on any atom is 0.281 e. The van der Waals surface area contributed by atoms with Crippen LogP contribution in [0, 0.1) is 0 Å². The number of hydrazone groups is 1. The standard InChI is InChI=1S/C26H21N3O3S2/c30-25(29-21(24-13-7-15-34-24)16-20(28-29)23-12-6-14-33-23)17-32-22-11-5-4-10-19(22)26(31)27-18-8-2-1-3-9-18/h1-15,21H,16-17H2,(H,27,31)/t21-/m0/s1. The molecule has 1 aliphatic heterocycles. The van der Waals surface area contributed by atoms with Gasteiger partial charge in [-0.25, -0.2) is 5.01 Å². The number of anilines is 1. The minimum absolute atomic E-state index is 0.162. The van der Waals surface area contributed by atoms with Crippen LogP contribution in [0.15, 0.2) is 94.7 Å². The van der Waals surface area contributed by atoms with Crippen molar-refractivity contribution in [2.45, 2.75) is 12.5 Å². The second-order valence-corrected chi connectivity index (χ2v) is 9.53. The number of thiophene rings is 2. The van der Waals surface area contributed by atoms with E-state index >= 15 is 0 Å². The topological polar surface area (TPSA) is 71.0 Å². The second kappa shape index (κ2) is 10.0. The quantitative estimate of drug-likeness (QED) is 0.357. The minimum atomic E-state index is -0.301. The molecule has 8 heteroatoms. The molecule has 4 aromatic rings. The smallest absolute Gasteiger partial charge is 0.281 e. The lowest BCUT2D eigenvalue weighted by atomic mass is 10.1. The summed E-state index contributed by atoms with van der Waals surface area (Å²) in [6.45, 7) is -0.223. The van der Waals surface area contributed by atoms with Crippen LogP contribution in [0.1, 0.15) is 32.6 Å². The molecule has 0 radical (unpaired) electrons. The lowest BCUT2D eigenvalue weighted by molar-refractivity contribution is -0.135. The number of rotatable bonds is 7. The first-order valence-corrected chi connectivity index (χ1v) is 12.5. The van der Waals surface area contributed by atoms with Gasteiger partial charge in [0.25, 0.3) is 11.8 Å². The van der Waals surface area contributed by atoms with Gasteiger partial charge in [0.15, 0.2) is 6.61 Å². The number of carbonyl (C=O) groups is 2.